The molecule has 1 atom stereocenters. The molecule has 0 aliphatic heterocycles. The number of rotatable bonds is 2. The summed E-state index contributed by atoms with van der Waals surface area (Å²) in [6.45, 7) is 1.49. The van der Waals surface area contributed by atoms with Crippen molar-refractivity contribution in [1.29, 1.82) is 0 Å². The first-order valence-electron chi connectivity index (χ1n) is 6.15. The summed E-state index contributed by atoms with van der Waals surface area (Å²) in [6, 6.07) is 10.4. The predicted octanol–water partition coefficient (Wildman–Crippen LogP) is 2.84. The van der Waals surface area contributed by atoms with Crippen LogP contribution in [0.2, 0.25) is 0 Å². The van der Waals surface area contributed by atoms with Gasteiger partial charge in [-0.1, -0.05) is 36.8 Å². The highest BCUT2D eigenvalue weighted by atomic mass is 16.2. The molecule has 17 heavy (non-hydrogen) atoms. The maximum atomic E-state index is 10.9. The normalized spacial score (nSPS) is 22.4. The third-order valence-electron chi connectivity index (χ3n) is 3.14. The van der Waals surface area contributed by atoms with E-state index in [1.54, 1.807) is 0 Å². The smallest absolute Gasteiger partial charge is 0.236 e. The lowest BCUT2D eigenvalue weighted by Gasteiger charge is -2.24. The molecular formula is C14H18N2O. The molecule has 0 radical (unpaired) electrons. The standard InChI is InChI=1S/C14H18N2O/c1-11(17)15-16-14-10-6-5-9-13(14)12-7-3-2-4-8-12/h2-4,7-8,13H,5-6,9-10H2,1H3,(H,15,17)/b16-14+/t13-/m1/s1. The largest absolute Gasteiger partial charge is 0.274 e. The van der Waals surface area contributed by atoms with Crippen LogP contribution in [0.3, 0.4) is 0 Å². The monoisotopic (exact) mass is 230 g/mol. The zero-order chi connectivity index (χ0) is 12.1. The molecule has 0 bridgehead atoms. The molecule has 0 unspecified atom stereocenters. The van der Waals surface area contributed by atoms with Gasteiger partial charge in [0.2, 0.25) is 5.91 Å². The van der Waals surface area contributed by atoms with Gasteiger partial charge in [0.25, 0.3) is 0 Å². The lowest BCUT2D eigenvalue weighted by Crippen LogP contribution is -2.23. The zero-order valence-corrected chi connectivity index (χ0v) is 10.1. The molecule has 2 rings (SSSR count). The Morgan fingerprint density at radius 1 is 1.29 bits per heavy atom. The Hall–Kier alpha value is -1.64. The number of carbonyl (C=O) groups is 1. The molecule has 90 valence electrons. The number of hydrogen-bond acceptors (Lipinski definition) is 2. The molecule has 1 N–H and O–H groups in total. The van der Waals surface area contributed by atoms with Crippen molar-refractivity contribution in [2.24, 2.45) is 5.10 Å². The van der Waals surface area contributed by atoms with Gasteiger partial charge in [0.15, 0.2) is 0 Å². The van der Waals surface area contributed by atoms with Crippen molar-refractivity contribution in [3.05, 3.63) is 35.9 Å². The average molecular weight is 230 g/mol. The first kappa shape index (κ1) is 11.8. The summed E-state index contributed by atoms with van der Waals surface area (Å²) in [5.41, 5.74) is 4.98. The van der Waals surface area contributed by atoms with Crippen LogP contribution in [0, 0.1) is 0 Å². The van der Waals surface area contributed by atoms with E-state index in [1.807, 2.05) is 6.07 Å². The third kappa shape index (κ3) is 3.16. The molecule has 1 fully saturated rings. The zero-order valence-electron chi connectivity index (χ0n) is 10.1. The summed E-state index contributed by atoms with van der Waals surface area (Å²) < 4.78 is 0. The van der Waals surface area contributed by atoms with Crippen molar-refractivity contribution in [3.8, 4) is 0 Å². The van der Waals surface area contributed by atoms with Crippen LogP contribution in [0.4, 0.5) is 0 Å². The molecule has 3 heteroatoms. The van der Waals surface area contributed by atoms with E-state index in [2.05, 4.69) is 34.8 Å². The molecule has 0 spiro atoms. The first-order valence-corrected chi connectivity index (χ1v) is 6.15. The fourth-order valence-corrected chi connectivity index (χ4v) is 2.32. The Labute approximate surface area is 102 Å². The number of hydrazone groups is 1. The maximum Gasteiger partial charge on any atom is 0.236 e. The Morgan fingerprint density at radius 2 is 2.06 bits per heavy atom. The lowest BCUT2D eigenvalue weighted by molar-refractivity contribution is -0.118. The van der Waals surface area contributed by atoms with Crippen molar-refractivity contribution in [3.63, 3.8) is 0 Å². The van der Waals surface area contributed by atoms with E-state index in [0.29, 0.717) is 5.92 Å². The fraction of sp³-hybridized carbons (Fsp3) is 0.429. The summed E-state index contributed by atoms with van der Waals surface area (Å²) in [6.07, 6.45) is 4.52. The Morgan fingerprint density at radius 3 is 2.76 bits per heavy atom. The molecule has 0 saturated heterocycles. The van der Waals surface area contributed by atoms with Gasteiger partial charge in [-0.3, -0.25) is 4.79 Å². The minimum Gasteiger partial charge on any atom is -0.274 e. The van der Waals surface area contributed by atoms with Gasteiger partial charge in [0, 0.05) is 18.6 Å². The van der Waals surface area contributed by atoms with Crippen molar-refractivity contribution >= 4 is 11.6 Å². The van der Waals surface area contributed by atoms with Gasteiger partial charge in [-0.05, 0) is 24.8 Å². The van der Waals surface area contributed by atoms with Crippen LogP contribution in [0.1, 0.15) is 44.1 Å². The van der Waals surface area contributed by atoms with Gasteiger partial charge in [0.05, 0.1) is 0 Å². The second-order valence-corrected chi connectivity index (χ2v) is 4.48. The summed E-state index contributed by atoms with van der Waals surface area (Å²) in [7, 11) is 0. The molecule has 1 aliphatic carbocycles. The summed E-state index contributed by atoms with van der Waals surface area (Å²) in [4.78, 5) is 10.9. The molecule has 0 aromatic heterocycles. The van der Waals surface area contributed by atoms with Crippen LogP contribution >= 0.6 is 0 Å². The molecule has 1 aliphatic rings. The van der Waals surface area contributed by atoms with Crippen LogP contribution in [0.25, 0.3) is 0 Å². The Balaban J connectivity index is 2.18. The van der Waals surface area contributed by atoms with Crippen molar-refractivity contribution in [2.75, 3.05) is 0 Å². The number of carbonyl (C=O) groups excluding carboxylic acids is 1. The third-order valence-corrected chi connectivity index (χ3v) is 3.14. The molecular weight excluding hydrogens is 212 g/mol. The van der Waals surface area contributed by atoms with E-state index < -0.39 is 0 Å². The van der Waals surface area contributed by atoms with Gasteiger partial charge < -0.3 is 0 Å². The Kier molecular flexibility index (Phi) is 3.91. The van der Waals surface area contributed by atoms with Crippen LogP contribution in [-0.2, 0) is 4.79 Å². The number of benzene rings is 1. The molecule has 1 aromatic carbocycles. The highest BCUT2D eigenvalue weighted by Crippen LogP contribution is 2.30. The number of nitrogens with one attached hydrogen (secondary N) is 1. The second kappa shape index (κ2) is 5.62. The Bertz CT molecular complexity index is 411. The fourth-order valence-electron chi connectivity index (χ4n) is 2.32. The molecule has 1 aromatic rings. The van der Waals surface area contributed by atoms with Crippen LogP contribution in [-0.4, -0.2) is 11.6 Å². The predicted molar refractivity (Wildman–Crippen MR) is 68.9 cm³/mol. The second-order valence-electron chi connectivity index (χ2n) is 4.48. The minimum absolute atomic E-state index is 0.102. The molecule has 1 amide bonds. The highest BCUT2D eigenvalue weighted by molar-refractivity contribution is 5.92. The minimum atomic E-state index is -0.102. The summed E-state index contributed by atoms with van der Waals surface area (Å²) in [5.74, 6) is 0.270. The maximum absolute atomic E-state index is 10.9. The first-order chi connectivity index (χ1) is 8.27. The van der Waals surface area contributed by atoms with Gasteiger partial charge in [0.1, 0.15) is 0 Å². The lowest BCUT2D eigenvalue weighted by atomic mass is 9.82. The quantitative estimate of drug-likeness (QED) is 0.780. The van der Waals surface area contributed by atoms with E-state index in [0.717, 1.165) is 18.6 Å². The van der Waals surface area contributed by atoms with Crippen molar-refractivity contribution in [2.45, 2.75) is 38.5 Å². The number of hydrogen-bond donors (Lipinski definition) is 1. The SMILES string of the molecule is CC(=O)N/N=C1\CCCC[C@@H]1c1ccccc1. The van der Waals surface area contributed by atoms with E-state index in [9.17, 15) is 4.79 Å². The molecule has 3 nitrogen and oxygen atoms in total. The topological polar surface area (TPSA) is 41.5 Å². The summed E-state index contributed by atoms with van der Waals surface area (Å²) >= 11 is 0. The average Bonchev–Trinajstić information content (AvgIpc) is 2.38. The highest BCUT2D eigenvalue weighted by Gasteiger charge is 2.22. The van der Waals surface area contributed by atoms with E-state index in [-0.39, 0.29) is 5.91 Å². The van der Waals surface area contributed by atoms with E-state index >= 15 is 0 Å². The van der Waals surface area contributed by atoms with Crippen molar-refractivity contribution < 1.29 is 4.79 Å². The van der Waals surface area contributed by atoms with E-state index in [1.165, 1.54) is 25.3 Å². The van der Waals surface area contributed by atoms with Crippen LogP contribution in [0.5, 0.6) is 0 Å². The van der Waals surface area contributed by atoms with E-state index in [4.69, 9.17) is 0 Å². The summed E-state index contributed by atoms with van der Waals surface area (Å²) in [5, 5.41) is 4.26. The van der Waals surface area contributed by atoms with Gasteiger partial charge in [-0.25, -0.2) is 5.43 Å². The van der Waals surface area contributed by atoms with Gasteiger partial charge in [-0.2, -0.15) is 5.10 Å². The van der Waals surface area contributed by atoms with Crippen LogP contribution < -0.4 is 5.43 Å². The molecule has 0 heterocycles. The number of amides is 1. The number of nitrogens with zero attached hydrogens (tertiary/aromatic N) is 1. The van der Waals surface area contributed by atoms with Crippen LogP contribution in [0.15, 0.2) is 35.4 Å². The molecule has 1 saturated carbocycles. The van der Waals surface area contributed by atoms with Gasteiger partial charge >= 0.3 is 0 Å². The van der Waals surface area contributed by atoms with Crippen molar-refractivity contribution in [1.82, 2.24) is 5.43 Å². The van der Waals surface area contributed by atoms with Gasteiger partial charge in [-0.15, -0.1) is 0 Å².